The molecule has 0 saturated carbocycles. The van der Waals surface area contributed by atoms with Crippen molar-refractivity contribution in [1.82, 2.24) is 0 Å². The van der Waals surface area contributed by atoms with Gasteiger partial charge >= 0.3 is 0 Å². The summed E-state index contributed by atoms with van der Waals surface area (Å²) in [5.74, 6) is 0.341. The van der Waals surface area contributed by atoms with E-state index in [1.54, 1.807) is 0 Å². The molecule has 0 aliphatic carbocycles. The van der Waals surface area contributed by atoms with E-state index in [1.165, 1.54) is 5.56 Å². The first kappa shape index (κ1) is 9.97. The highest BCUT2D eigenvalue weighted by Crippen LogP contribution is 2.21. The van der Waals surface area contributed by atoms with Crippen LogP contribution in [0.15, 0.2) is 60.7 Å². The first-order valence-corrected chi connectivity index (χ1v) is 5.23. The normalized spacial score (nSPS) is 12.3. The van der Waals surface area contributed by atoms with E-state index in [9.17, 15) is 0 Å². The molecule has 0 heteroatoms. The van der Waals surface area contributed by atoms with E-state index < -0.39 is 0 Å². The van der Waals surface area contributed by atoms with Crippen LogP contribution < -0.4 is 0 Å². The Balaban J connectivity index is 2.08. The molecule has 2 rings (SSSR count). The lowest BCUT2D eigenvalue weighted by atomic mass is 9.94. The van der Waals surface area contributed by atoms with Gasteiger partial charge in [0.15, 0.2) is 0 Å². The van der Waals surface area contributed by atoms with E-state index in [2.05, 4.69) is 49.7 Å². The van der Waals surface area contributed by atoms with Crippen molar-refractivity contribution in [3.8, 4) is 0 Å². The molecule has 0 saturated heterocycles. The number of hydrogen-bond acceptors (Lipinski definition) is 0. The predicted molar refractivity (Wildman–Crippen MR) is 63.6 cm³/mol. The standard InChI is InChI=1S/C15H14/c1-13(15-10-6-3-7-11-15)12-14-8-4-2-5-9-14/h2-11,13H,1H3. The fourth-order valence-corrected chi connectivity index (χ4v) is 1.61. The van der Waals surface area contributed by atoms with Gasteiger partial charge in [0, 0.05) is 6.42 Å². The first-order valence-electron chi connectivity index (χ1n) is 5.23. The highest BCUT2D eigenvalue weighted by molar-refractivity contribution is 5.30. The Bertz CT molecular complexity index is 389. The average molecular weight is 194 g/mol. The zero-order chi connectivity index (χ0) is 10.5. The van der Waals surface area contributed by atoms with Crippen molar-refractivity contribution in [2.24, 2.45) is 0 Å². The summed E-state index contributed by atoms with van der Waals surface area (Å²) >= 11 is 0. The zero-order valence-electron chi connectivity index (χ0n) is 8.85. The van der Waals surface area contributed by atoms with Crippen molar-refractivity contribution in [2.45, 2.75) is 12.8 Å². The van der Waals surface area contributed by atoms with Gasteiger partial charge in [-0.05, 0) is 17.0 Å². The highest BCUT2D eigenvalue weighted by Gasteiger charge is 2.06. The van der Waals surface area contributed by atoms with Gasteiger partial charge in [0.05, 0.1) is 0 Å². The monoisotopic (exact) mass is 194 g/mol. The second kappa shape index (κ2) is 4.79. The van der Waals surface area contributed by atoms with Crippen LogP contribution in [0.1, 0.15) is 24.0 Å². The van der Waals surface area contributed by atoms with E-state index in [1.807, 2.05) is 24.3 Å². The van der Waals surface area contributed by atoms with Crippen LogP contribution in [0.3, 0.4) is 0 Å². The van der Waals surface area contributed by atoms with Crippen molar-refractivity contribution in [3.05, 3.63) is 78.2 Å². The molecule has 0 fully saturated rings. The molecule has 0 nitrogen and oxygen atoms in total. The molecule has 1 unspecified atom stereocenters. The third kappa shape index (κ3) is 2.69. The maximum Gasteiger partial charge on any atom is 0.0242 e. The zero-order valence-corrected chi connectivity index (χ0v) is 8.85. The Labute approximate surface area is 91.6 Å². The third-order valence-electron chi connectivity index (χ3n) is 2.46. The minimum absolute atomic E-state index is 0.341. The van der Waals surface area contributed by atoms with Gasteiger partial charge in [0.25, 0.3) is 0 Å². The molecule has 2 aromatic rings. The van der Waals surface area contributed by atoms with Gasteiger partial charge < -0.3 is 0 Å². The average Bonchev–Trinajstić information content (AvgIpc) is 2.31. The fraction of sp³-hybridized carbons (Fsp3) is 0.133. The summed E-state index contributed by atoms with van der Waals surface area (Å²) in [6, 6.07) is 20.7. The summed E-state index contributed by atoms with van der Waals surface area (Å²) in [6.07, 6.45) is 3.46. The molecule has 0 bridgehead atoms. The van der Waals surface area contributed by atoms with E-state index in [-0.39, 0.29) is 0 Å². The van der Waals surface area contributed by atoms with Crippen LogP contribution in [0.5, 0.6) is 0 Å². The van der Waals surface area contributed by atoms with Crippen molar-refractivity contribution >= 4 is 0 Å². The number of hydrogen-bond donors (Lipinski definition) is 0. The molecule has 0 heterocycles. The second-order valence-corrected chi connectivity index (χ2v) is 3.64. The first-order chi connectivity index (χ1) is 7.36. The fourth-order valence-electron chi connectivity index (χ4n) is 1.61. The van der Waals surface area contributed by atoms with E-state index in [0.29, 0.717) is 5.92 Å². The molecule has 0 aliphatic rings. The molecule has 2 aromatic carbocycles. The molecule has 0 aromatic heterocycles. The molecule has 2 radical (unpaired) electrons. The van der Waals surface area contributed by atoms with E-state index in [0.717, 1.165) is 5.56 Å². The third-order valence-corrected chi connectivity index (χ3v) is 2.46. The lowest BCUT2D eigenvalue weighted by Gasteiger charge is -2.10. The Morgan fingerprint density at radius 2 is 1.33 bits per heavy atom. The van der Waals surface area contributed by atoms with Crippen LogP contribution in [0, 0.1) is 6.42 Å². The largest absolute Gasteiger partial charge is 0.0622 e. The van der Waals surface area contributed by atoms with Crippen LogP contribution in [-0.4, -0.2) is 0 Å². The molecule has 0 N–H and O–H groups in total. The molecule has 0 spiro atoms. The van der Waals surface area contributed by atoms with Crippen LogP contribution in [0.25, 0.3) is 0 Å². The van der Waals surface area contributed by atoms with Crippen molar-refractivity contribution in [1.29, 1.82) is 0 Å². The maximum absolute atomic E-state index is 3.46. The predicted octanol–water partition coefficient (Wildman–Crippen LogP) is 3.92. The minimum atomic E-state index is 0.341. The van der Waals surface area contributed by atoms with Gasteiger partial charge in [-0.1, -0.05) is 67.6 Å². The summed E-state index contributed by atoms with van der Waals surface area (Å²) in [6.45, 7) is 2.17. The summed E-state index contributed by atoms with van der Waals surface area (Å²) in [5, 5.41) is 0. The molecule has 1 atom stereocenters. The summed E-state index contributed by atoms with van der Waals surface area (Å²) in [7, 11) is 0. The summed E-state index contributed by atoms with van der Waals surface area (Å²) in [5.41, 5.74) is 2.47. The van der Waals surface area contributed by atoms with Gasteiger partial charge in [-0.25, -0.2) is 0 Å². The lowest BCUT2D eigenvalue weighted by molar-refractivity contribution is 0.904. The molecule has 74 valence electrons. The second-order valence-electron chi connectivity index (χ2n) is 3.64. The van der Waals surface area contributed by atoms with E-state index >= 15 is 0 Å². The Morgan fingerprint density at radius 1 is 0.800 bits per heavy atom. The van der Waals surface area contributed by atoms with E-state index in [4.69, 9.17) is 0 Å². The Morgan fingerprint density at radius 3 is 1.93 bits per heavy atom. The summed E-state index contributed by atoms with van der Waals surface area (Å²) in [4.78, 5) is 0. The molecular weight excluding hydrogens is 180 g/mol. The van der Waals surface area contributed by atoms with Crippen LogP contribution in [0.4, 0.5) is 0 Å². The van der Waals surface area contributed by atoms with Gasteiger partial charge in [-0.15, -0.1) is 0 Å². The molecule has 0 aliphatic heterocycles. The van der Waals surface area contributed by atoms with Crippen LogP contribution >= 0.6 is 0 Å². The van der Waals surface area contributed by atoms with Crippen LogP contribution in [0.2, 0.25) is 0 Å². The Kier molecular flexibility index (Phi) is 3.18. The van der Waals surface area contributed by atoms with Gasteiger partial charge in [0.1, 0.15) is 0 Å². The molecular formula is C15H14. The minimum Gasteiger partial charge on any atom is -0.0622 e. The van der Waals surface area contributed by atoms with Crippen molar-refractivity contribution < 1.29 is 0 Å². The molecule has 15 heavy (non-hydrogen) atoms. The van der Waals surface area contributed by atoms with Gasteiger partial charge in [0.2, 0.25) is 0 Å². The SMILES string of the molecule is CC([C]c1ccccc1)c1ccccc1. The van der Waals surface area contributed by atoms with Crippen molar-refractivity contribution in [3.63, 3.8) is 0 Å². The quantitative estimate of drug-likeness (QED) is 0.694. The highest BCUT2D eigenvalue weighted by atomic mass is 14.1. The Hall–Kier alpha value is -1.56. The topological polar surface area (TPSA) is 0 Å². The van der Waals surface area contributed by atoms with Crippen LogP contribution in [-0.2, 0) is 0 Å². The number of benzene rings is 2. The van der Waals surface area contributed by atoms with Gasteiger partial charge in [-0.3, -0.25) is 0 Å². The smallest absolute Gasteiger partial charge is 0.0242 e. The maximum atomic E-state index is 3.46. The summed E-state index contributed by atoms with van der Waals surface area (Å²) < 4.78 is 0. The lowest BCUT2D eigenvalue weighted by Crippen LogP contribution is -1.95. The van der Waals surface area contributed by atoms with Gasteiger partial charge in [-0.2, -0.15) is 0 Å². The molecule has 0 amide bonds. The van der Waals surface area contributed by atoms with Crippen molar-refractivity contribution in [2.75, 3.05) is 0 Å². The number of rotatable bonds is 3.